The number of aliphatic hydroxyl groups excluding tert-OH is 1. The van der Waals surface area contributed by atoms with Crippen LogP contribution >= 0.6 is 7.37 Å². The maximum Gasteiger partial charge on any atom is 0.305 e. The minimum Gasteiger partial charge on any atom is -0.481 e. The van der Waals surface area contributed by atoms with Crippen LogP contribution in [0.15, 0.2) is 30.3 Å². The van der Waals surface area contributed by atoms with E-state index in [0.29, 0.717) is 6.42 Å². The van der Waals surface area contributed by atoms with Crippen molar-refractivity contribution in [3.05, 3.63) is 53.1 Å². The average Bonchev–Trinajstić information content (AvgIpc) is 2.70. The van der Waals surface area contributed by atoms with E-state index in [1.165, 1.54) is 19.2 Å². The fraction of sp³-hybridized carbons (Fsp3) is 0.520. The summed E-state index contributed by atoms with van der Waals surface area (Å²) in [6.07, 6.45) is -1.48. The van der Waals surface area contributed by atoms with Crippen molar-refractivity contribution < 1.29 is 28.5 Å². The Kier molecular flexibility index (Phi) is 8.97. The molecule has 0 saturated heterocycles. The quantitative estimate of drug-likeness (QED) is 0.430. The summed E-state index contributed by atoms with van der Waals surface area (Å²) in [5, 5.41) is 18.9. The largest absolute Gasteiger partial charge is 0.481 e. The minimum atomic E-state index is -3.29. The second kappa shape index (κ2) is 10.9. The lowest BCUT2D eigenvalue weighted by molar-refractivity contribution is -0.138. The smallest absolute Gasteiger partial charge is 0.305 e. The van der Waals surface area contributed by atoms with Crippen molar-refractivity contribution in [1.82, 2.24) is 4.98 Å². The highest BCUT2D eigenvalue weighted by Crippen LogP contribution is 2.48. The van der Waals surface area contributed by atoms with Crippen LogP contribution in [0.2, 0.25) is 0 Å². The Bertz CT molecular complexity index is 1010. The first-order valence-corrected chi connectivity index (χ1v) is 13.1. The number of nitrogens with zero attached hydrogens (tertiary/aromatic N) is 1. The second-order valence-corrected chi connectivity index (χ2v) is 12.5. The first-order valence-electron chi connectivity index (χ1n) is 11.1. The number of benzene rings is 1. The zero-order valence-corrected chi connectivity index (χ0v) is 21.2. The van der Waals surface area contributed by atoms with Crippen LogP contribution in [0.25, 0.3) is 11.1 Å². The first kappa shape index (κ1) is 27.2. The molecule has 2 N–H and O–H groups in total. The lowest BCUT2D eigenvalue weighted by atomic mass is 9.86. The summed E-state index contributed by atoms with van der Waals surface area (Å²) in [4.78, 5) is 15.8. The highest BCUT2D eigenvalue weighted by atomic mass is 31.2. The summed E-state index contributed by atoms with van der Waals surface area (Å²) in [7, 11) is -1.97. The van der Waals surface area contributed by atoms with Crippen LogP contribution in [0.3, 0.4) is 0 Å². The normalized spacial score (nSPS) is 14.8. The zero-order chi connectivity index (χ0) is 25.0. The summed E-state index contributed by atoms with van der Waals surface area (Å²) >= 11 is 0. The molecule has 33 heavy (non-hydrogen) atoms. The van der Waals surface area contributed by atoms with E-state index in [-0.39, 0.29) is 29.5 Å². The molecule has 2 atom stereocenters. The fourth-order valence-corrected chi connectivity index (χ4v) is 5.58. The van der Waals surface area contributed by atoms with Gasteiger partial charge in [0.25, 0.3) is 0 Å². The van der Waals surface area contributed by atoms with Crippen molar-refractivity contribution in [2.75, 3.05) is 19.4 Å². The summed E-state index contributed by atoms with van der Waals surface area (Å²) < 4.78 is 32.2. The van der Waals surface area contributed by atoms with E-state index in [1.54, 1.807) is 12.1 Å². The predicted octanol–water partition coefficient (Wildman–Crippen LogP) is 5.61. The van der Waals surface area contributed by atoms with Crippen molar-refractivity contribution in [2.45, 2.75) is 64.9 Å². The van der Waals surface area contributed by atoms with Crippen molar-refractivity contribution in [2.24, 2.45) is 0 Å². The summed E-state index contributed by atoms with van der Waals surface area (Å²) in [5.41, 5.74) is 4.19. The van der Waals surface area contributed by atoms with Gasteiger partial charge in [0.15, 0.2) is 0 Å². The monoisotopic (exact) mass is 479 g/mol. The van der Waals surface area contributed by atoms with Gasteiger partial charge in [-0.1, -0.05) is 46.8 Å². The SMILES string of the molecule is COP(=O)(CCc1c(-c2ccc(F)cc2)cc(C(C)(C)C)nc1C(C)C)C[C@@H](O)CC(=O)O. The Morgan fingerprint density at radius 1 is 1.21 bits per heavy atom. The molecule has 8 heteroatoms. The standard InChI is InChI=1S/C25H35FNO5P/c1-16(2)24-20(11-12-33(31,32-6)15-19(28)13-23(29)30)21(14-22(27-24)25(3,4)5)17-7-9-18(26)10-8-17/h7-10,14,16,19,28H,11-13,15H2,1-6H3,(H,29,30)/t19-,33?/m0/s1. The van der Waals surface area contributed by atoms with Gasteiger partial charge in [0.2, 0.25) is 7.37 Å². The van der Waals surface area contributed by atoms with Crippen LogP contribution in [0, 0.1) is 5.82 Å². The van der Waals surface area contributed by atoms with E-state index in [4.69, 9.17) is 14.6 Å². The van der Waals surface area contributed by atoms with E-state index < -0.39 is 25.9 Å². The molecule has 0 radical (unpaired) electrons. The fourth-order valence-electron chi connectivity index (χ4n) is 3.73. The van der Waals surface area contributed by atoms with Gasteiger partial charge in [-0.3, -0.25) is 14.3 Å². The van der Waals surface area contributed by atoms with Crippen LogP contribution in [0.5, 0.6) is 0 Å². The number of pyridine rings is 1. The van der Waals surface area contributed by atoms with Gasteiger partial charge in [0, 0.05) is 30.1 Å². The van der Waals surface area contributed by atoms with Gasteiger partial charge in [-0.2, -0.15) is 0 Å². The molecule has 1 unspecified atom stereocenters. The third-order valence-corrected chi connectivity index (χ3v) is 8.11. The number of aliphatic hydroxyl groups is 1. The number of carbonyl (C=O) groups is 1. The molecular weight excluding hydrogens is 444 g/mol. The summed E-state index contributed by atoms with van der Waals surface area (Å²) in [6.45, 7) is 10.3. The molecule has 1 heterocycles. The van der Waals surface area contributed by atoms with Gasteiger partial charge in [-0.15, -0.1) is 0 Å². The first-order chi connectivity index (χ1) is 15.3. The molecule has 0 amide bonds. The molecule has 0 aliphatic heterocycles. The van der Waals surface area contributed by atoms with E-state index in [0.717, 1.165) is 28.1 Å². The van der Waals surface area contributed by atoms with Crippen LogP contribution in [0.1, 0.15) is 63.9 Å². The number of rotatable bonds is 10. The summed E-state index contributed by atoms with van der Waals surface area (Å²) in [5.74, 6) is -1.40. The van der Waals surface area contributed by atoms with Crippen molar-refractivity contribution in [3.63, 3.8) is 0 Å². The molecule has 0 bridgehead atoms. The van der Waals surface area contributed by atoms with Crippen molar-refractivity contribution in [3.8, 4) is 11.1 Å². The van der Waals surface area contributed by atoms with Gasteiger partial charge >= 0.3 is 5.97 Å². The van der Waals surface area contributed by atoms with E-state index in [1.807, 2.05) is 19.9 Å². The molecule has 2 aromatic rings. The van der Waals surface area contributed by atoms with E-state index in [9.17, 15) is 18.9 Å². The topological polar surface area (TPSA) is 96.7 Å². The Morgan fingerprint density at radius 2 is 1.82 bits per heavy atom. The Labute approximate surface area is 195 Å². The van der Waals surface area contributed by atoms with Crippen LogP contribution in [0.4, 0.5) is 4.39 Å². The van der Waals surface area contributed by atoms with E-state index in [2.05, 4.69) is 20.8 Å². The van der Waals surface area contributed by atoms with Crippen molar-refractivity contribution >= 4 is 13.3 Å². The average molecular weight is 480 g/mol. The Morgan fingerprint density at radius 3 is 2.30 bits per heavy atom. The molecule has 6 nitrogen and oxygen atoms in total. The Balaban J connectivity index is 2.54. The predicted molar refractivity (Wildman–Crippen MR) is 129 cm³/mol. The molecule has 0 fully saturated rings. The van der Waals surface area contributed by atoms with Crippen LogP contribution < -0.4 is 0 Å². The van der Waals surface area contributed by atoms with Crippen LogP contribution in [-0.4, -0.2) is 46.7 Å². The number of carboxylic acid groups (broad SMARTS) is 1. The molecule has 0 saturated carbocycles. The van der Waals surface area contributed by atoms with Crippen LogP contribution in [-0.2, 0) is 25.7 Å². The maximum atomic E-state index is 13.6. The Hall–Kier alpha value is -2.08. The van der Waals surface area contributed by atoms with Gasteiger partial charge in [0.05, 0.1) is 18.7 Å². The van der Waals surface area contributed by atoms with Gasteiger partial charge in [-0.25, -0.2) is 4.39 Å². The third-order valence-electron chi connectivity index (χ3n) is 5.56. The zero-order valence-electron chi connectivity index (χ0n) is 20.3. The molecule has 1 aromatic carbocycles. The number of halogens is 1. The minimum absolute atomic E-state index is 0.0843. The van der Waals surface area contributed by atoms with Gasteiger partial charge < -0.3 is 14.7 Å². The van der Waals surface area contributed by atoms with Crippen molar-refractivity contribution in [1.29, 1.82) is 0 Å². The molecule has 182 valence electrons. The summed E-state index contributed by atoms with van der Waals surface area (Å²) in [6, 6.07) is 8.27. The highest BCUT2D eigenvalue weighted by Gasteiger charge is 2.29. The number of hydrogen-bond donors (Lipinski definition) is 2. The highest BCUT2D eigenvalue weighted by molar-refractivity contribution is 7.59. The molecule has 0 aliphatic carbocycles. The van der Waals surface area contributed by atoms with Gasteiger partial charge in [0.1, 0.15) is 5.82 Å². The second-order valence-electron chi connectivity index (χ2n) is 9.74. The molecular formula is C25H35FNO5P. The maximum absolute atomic E-state index is 13.6. The number of aromatic nitrogens is 1. The molecule has 0 aliphatic rings. The molecule has 2 rings (SSSR count). The van der Waals surface area contributed by atoms with E-state index >= 15 is 0 Å². The molecule has 1 aromatic heterocycles. The lowest BCUT2D eigenvalue weighted by Gasteiger charge is -2.26. The van der Waals surface area contributed by atoms with Gasteiger partial charge in [-0.05, 0) is 47.2 Å². The lowest BCUT2D eigenvalue weighted by Crippen LogP contribution is -2.20. The molecule has 0 spiro atoms. The third kappa shape index (κ3) is 7.46. The number of carboxylic acids is 1. The number of hydrogen-bond acceptors (Lipinski definition) is 5. The number of aliphatic carboxylic acids is 1.